The molecule has 0 aliphatic carbocycles. The quantitative estimate of drug-likeness (QED) is 0.187. The van der Waals surface area contributed by atoms with Gasteiger partial charge in [-0.1, -0.05) is 23.9 Å². The Balaban J connectivity index is 0.00000484. The Bertz CT molecular complexity index is 1320. The van der Waals surface area contributed by atoms with Crippen molar-refractivity contribution in [2.45, 2.75) is 36.5 Å². The highest BCUT2D eigenvalue weighted by atomic mass is 35.5. The molecule has 0 spiro atoms. The fourth-order valence-corrected chi connectivity index (χ4v) is 6.31. The van der Waals surface area contributed by atoms with Crippen LogP contribution in [-0.2, 0) is 11.2 Å². The number of hydrogen-bond donors (Lipinski definition) is 0. The predicted molar refractivity (Wildman–Crippen MR) is 170 cm³/mol. The number of benzene rings is 3. The minimum absolute atomic E-state index is 0. The van der Waals surface area contributed by atoms with Crippen LogP contribution in [0.25, 0.3) is 0 Å². The smallest absolute Gasteiger partial charge is 0.225 e. The van der Waals surface area contributed by atoms with E-state index in [-0.39, 0.29) is 23.7 Å². The molecule has 228 valence electrons. The summed E-state index contributed by atoms with van der Waals surface area (Å²) in [6.45, 7) is 4.05. The van der Waals surface area contributed by atoms with Crippen LogP contribution in [0.5, 0.6) is 28.7 Å². The maximum Gasteiger partial charge on any atom is 0.225 e. The van der Waals surface area contributed by atoms with E-state index in [4.69, 9.17) is 23.7 Å². The fraction of sp³-hybridized carbons (Fsp3) is 0.406. The molecule has 42 heavy (non-hydrogen) atoms. The fourth-order valence-electron chi connectivity index (χ4n) is 4.95. The number of fused-ring (bicyclic) bond motifs is 1. The van der Waals surface area contributed by atoms with Crippen LogP contribution in [0, 0.1) is 0 Å². The molecule has 0 fully saturated rings. The molecule has 1 amide bonds. The Hall–Kier alpha value is -3.27. The standard InChI is InChI=1S/C32H40N2O6S.ClH/c1-22(35)34-26-11-7-8-12-30(26)41-32(34)25-21-24(36-3)13-14-27(25)40-18-10-9-16-33(2)17-15-23-19-28(37-4)31(39-6)29(20-23)38-5;/h7-8,11-14,19-21,32H,9-10,15-18H2,1-6H3;1H/t32-;/m0./s1. The molecular formula is C32H41ClN2O6S. The number of para-hydroxylation sites is 1. The van der Waals surface area contributed by atoms with Gasteiger partial charge in [-0.05, 0) is 80.9 Å². The number of halogens is 1. The monoisotopic (exact) mass is 616 g/mol. The van der Waals surface area contributed by atoms with Crippen molar-refractivity contribution in [2.24, 2.45) is 0 Å². The van der Waals surface area contributed by atoms with Gasteiger partial charge < -0.3 is 28.6 Å². The van der Waals surface area contributed by atoms with Crippen molar-refractivity contribution < 1.29 is 28.5 Å². The lowest BCUT2D eigenvalue weighted by molar-refractivity contribution is -0.116. The first-order chi connectivity index (χ1) is 19.9. The Morgan fingerprint density at radius 1 is 0.881 bits per heavy atom. The molecule has 1 aliphatic heterocycles. The molecule has 3 aromatic rings. The maximum atomic E-state index is 12.7. The van der Waals surface area contributed by atoms with Gasteiger partial charge in [0.1, 0.15) is 16.9 Å². The normalized spacial score (nSPS) is 13.8. The largest absolute Gasteiger partial charge is 0.497 e. The third-order valence-electron chi connectivity index (χ3n) is 7.12. The number of hydrogen-bond acceptors (Lipinski definition) is 8. The van der Waals surface area contributed by atoms with Crippen LogP contribution in [0.4, 0.5) is 5.69 Å². The summed E-state index contributed by atoms with van der Waals surface area (Å²) < 4.78 is 28.2. The molecule has 1 heterocycles. The second kappa shape index (κ2) is 15.8. The average Bonchev–Trinajstić information content (AvgIpc) is 3.39. The van der Waals surface area contributed by atoms with Crippen molar-refractivity contribution in [3.05, 3.63) is 65.7 Å². The molecule has 10 heteroatoms. The molecular weight excluding hydrogens is 576 g/mol. The van der Waals surface area contributed by atoms with Crippen molar-refractivity contribution in [1.82, 2.24) is 4.90 Å². The first kappa shape index (κ1) is 33.2. The number of amides is 1. The number of likely N-dealkylation sites (N-methyl/N-ethyl adjacent to an activating group) is 1. The molecule has 1 aliphatic rings. The van der Waals surface area contributed by atoms with Crippen molar-refractivity contribution in [1.29, 1.82) is 0 Å². The number of unbranched alkanes of at least 4 members (excludes halogenated alkanes) is 1. The third-order valence-corrected chi connectivity index (χ3v) is 8.41. The summed E-state index contributed by atoms with van der Waals surface area (Å²) in [5.74, 6) is 3.46. The summed E-state index contributed by atoms with van der Waals surface area (Å²) in [4.78, 5) is 17.9. The van der Waals surface area contributed by atoms with Crippen molar-refractivity contribution >= 4 is 35.8 Å². The zero-order valence-electron chi connectivity index (χ0n) is 25.2. The highest BCUT2D eigenvalue weighted by Crippen LogP contribution is 2.53. The first-order valence-electron chi connectivity index (χ1n) is 13.7. The van der Waals surface area contributed by atoms with Crippen molar-refractivity contribution in [3.63, 3.8) is 0 Å². The molecule has 0 bridgehead atoms. The lowest BCUT2D eigenvalue weighted by Crippen LogP contribution is -2.28. The molecule has 3 aromatic carbocycles. The van der Waals surface area contributed by atoms with Crippen LogP contribution >= 0.6 is 24.2 Å². The summed E-state index contributed by atoms with van der Waals surface area (Å²) in [7, 11) is 8.66. The van der Waals surface area contributed by atoms with Crippen LogP contribution in [0.2, 0.25) is 0 Å². The van der Waals surface area contributed by atoms with E-state index in [2.05, 4.69) is 18.0 Å². The van der Waals surface area contributed by atoms with E-state index in [1.54, 1.807) is 47.1 Å². The zero-order valence-corrected chi connectivity index (χ0v) is 26.8. The molecule has 0 radical (unpaired) electrons. The predicted octanol–water partition coefficient (Wildman–Crippen LogP) is 6.63. The molecule has 0 N–H and O–H groups in total. The Morgan fingerprint density at radius 2 is 1.60 bits per heavy atom. The van der Waals surface area contributed by atoms with E-state index in [9.17, 15) is 4.79 Å². The summed E-state index contributed by atoms with van der Waals surface area (Å²) in [6.07, 6.45) is 2.78. The topological polar surface area (TPSA) is 69.7 Å². The Morgan fingerprint density at radius 3 is 2.24 bits per heavy atom. The molecule has 0 unspecified atom stereocenters. The minimum atomic E-state index is -0.212. The van der Waals surface area contributed by atoms with Gasteiger partial charge in [0.15, 0.2) is 11.5 Å². The van der Waals surface area contributed by atoms with Gasteiger partial charge in [0.25, 0.3) is 0 Å². The average molecular weight is 617 g/mol. The summed E-state index contributed by atoms with van der Waals surface area (Å²) in [5.41, 5.74) is 3.00. The van der Waals surface area contributed by atoms with E-state index in [1.165, 1.54) is 0 Å². The third kappa shape index (κ3) is 7.76. The highest BCUT2D eigenvalue weighted by Gasteiger charge is 2.35. The van der Waals surface area contributed by atoms with E-state index in [0.29, 0.717) is 23.9 Å². The Kier molecular flexibility index (Phi) is 12.5. The zero-order chi connectivity index (χ0) is 29.4. The van der Waals surface area contributed by atoms with Gasteiger partial charge in [0.2, 0.25) is 11.7 Å². The summed E-state index contributed by atoms with van der Waals surface area (Å²) in [6, 6.07) is 17.8. The van der Waals surface area contributed by atoms with Crippen molar-refractivity contribution in [3.8, 4) is 28.7 Å². The van der Waals surface area contributed by atoms with E-state index in [1.807, 2.05) is 53.4 Å². The number of anilines is 1. The van der Waals surface area contributed by atoms with Crippen LogP contribution < -0.4 is 28.6 Å². The number of ether oxygens (including phenoxy) is 5. The Labute approximate surface area is 259 Å². The molecule has 0 saturated carbocycles. The number of rotatable bonds is 14. The van der Waals surface area contributed by atoms with Crippen LogP contribution in [0.1, 0.15) is 36.3 Å². The van der Waals surface area contributed by atoms with Crippen LogP contribution in [0.15, 0.2) is 59.5 Å². The second-order valence-electron chi connectivity index (χ2n) is 9.87. The molecule has 0 aromatic heterocycles. The first-order valence-corrected chi connectivity index (χ1v) is 14.6. The molecule has 1 atom stereocenters. The van der Waals surface area contributed by atoms with E-state index >= 15 is 0 Å². The summed E-state index contributed by atoms with van der Waals surface area (Å²) in [5, 5.41) is -0.212. The number of nitrogens with zero attached hydrogens (tertiary/aromatic N) is 2. The van der Waals surface area contributed by atoms with E-state index in [0.717, 1.165) is 65.6 Å². The van der Waals surface area contributed by atoms with Crippen LogP contribution in [0.3, 0.4) is 0 Å². The number of carbonyl (C=O) groups excluding carboxylic acids is 1. The lowest BCUT2D eigenvalue weighted by Gasteiger charge is -2.25. The van der Waals surface area contributed by atoms with Gasteiger partial charge in [0, 0.05) is 23.9 Å². The minimum Gasteiger partial charge on any atom is -0.497 e. The SMILES string of the molecule is COc1ccc(OCCCCN(C)CCc2cc(OC)c(OC)c(OC)c2)c([C@@H]2Sc3ccccc3N2C(C)=O)c1.Cl. The molecule has 0 saturated heterocycles. The maximum absolute atomic E-state index is 12.7. The highest BCUT2D eigenvalue weighted by molar-refractivity contribution is 8.00. The van der Waals surface area contributed by atoms with Gasteiger partial charge in [-0.15, -0.1) is 12.4 Å². The van der Waals surface area contributed by atoms with E-state index < -0.39 is 0 Å². The van der Waals surface area contributed by atoms with Gasteiger partial charge in [0.05, 0.1) is 40.7 Å². The van der Waals surface area contributed by atoms with Gasteiger partial charge in [-0.25, -0.2) is 0 Å². The molecule has 4 rings (SSSR count). The number of methoxy groups -OCH3 is 4. The second-order valence-corrected chi connectivity index (χ2v) is 11.0. The van der Waals surface area contributed by atoms with Gasteiger partial charge >= 0.3 is 0 Å². The lowest BCUT2D eigenvalue weighted by atomic mass is 10.1. The van der Waals surface area contributed by atoms with Gasteiger partial charge in [-0.3, -0.25) is 9.69 Å². The van der Waals surface area contributed by atoms with Crippen molar-refractivity contribution in [2.75, 3.05) is 60.1 Å². The molecule has 8 nitrogen and oxygen atoms in total. The number of thioether (sulfide) groups is 1. The summed E-state index contributed by atoms with van der Waals surface area (Å²) >= 11 is 1.66. The van der Waals surface area contributed by atoms with Gasteiger partial charge in [-0.2, -0.15) is 0 Å². The van der Waals surface area contributed by atoms with Crippen LogP contribution in [-0.4, -0.2) is 66.0 Å². The number of carbonyl (C=O) groups is 1.